The van der Waals surface area contributed by atoms with Gasteiger partial charge in [0, 0.05) is 0 Å². The molecule has 0 heterocycles. The molecule has 4 nitrogen and oxygen atoms in total. The van der Waals surface area contributed by atoms with Crippen LogP contribution >= 0.6 is 0 Å². The summed E-state index contributed by atoms with van der Waals surface area (Å²) >= 11 is 0. The van der Waals surface area contributed by atoms with Gasteiger partial charge in [-0.05, 0) is 76.2 Å². The van der Waals surface area contributed by atoms with E-state index < -0.39 is 0 Å². The molecule has 0 aliphatic carbocycles. The molecule has 33 heavy (non-hydrogen) atoms. The highest BCUT2D eigenvalue weighted by Crippen LogP contribution is 2.12. The van der Waals surface area contributed by atoms with Crippen LogP contribution in [-0.2, 0) is 0 Å². The molecule has 0 saturated carbocycles. The van der Waals surface area contributed by atoms with Gasteiger partial charge in [-0.1, -0.05) is 36.4 Å². The second kappa shape index (κ2) is 14.9. The predicted octanol–water partition coefficient (Wildman–Crippen LogP) is -2.95. The Balaban J connectivity index is 0.00000272. The van der Waals surface area contributed by atoms with Crippen molar-refractivity contribution in [1.82, 2.24) is 0 Å². The fourth-order valence-electron chi connectivity index (χ4n) is 3.76. The maximum atomic E-state index is 6.01. The Kier molecular flexibility index (Phi) is 13.0. The van der Waals surface area contributed by atoms with Crippen LogP contribution < -0.4 is 53.9 Å². The molecule has 0 unspecified atom stereocenters. The minimum Gasteiger partial charge on any atom is -1.00 e. The molecule has 0 aliphatic rings. The summed E-state index contributed by atoms with van der Waals surface area (Å²) in [6, 6.07) is 29.8. The Bertz CT molecular complexity index is 938. The Morgan fingerprint density at radius 3 is 1.88 bits per heavy atom. The van der Waals surface area contributed by atoms with Crippen LogP contribution in [0.5, 0.6) is 5.75 Å². The van der Waals surface area contributed by atoms with Crippen molar-refractivity contribution < 1.29 is 48.6 Å². The number of benzene rings is 3. The fraction of sp³-hybridized carbons (Fsp3) is 0.296. The molecule has 3 N–H and O–H groups in total. The number of para-hydroxylation sites is 1. The van der Waals surface area contributed by atoms with Crippen molar-refractivity contribution in [3.8, 4) is 5.75 Å². The first-order valence-corrected chi connectivity index (χ1v) is 11.1. The largest absolute Gasteiger partial charge is 1.00 e. The molecule has 0 aromatic heterocycles. The summed E-state index contributed by atoms with van der Waals surface area (Å²) in [5, 5.41) is 3.50. The van der Waals surface area contributed by atoms with Crippen molar-refractivity contribution in [3.05, 3.63) is 90.5 Å². The van der Waals surface area contributed by atoms with Crippen LogP contribution in [0.2, 0.25) is 0 Å². The molecule has 0 atom stereocenters. The Morgan fingerprint density at radius 1 is 0.788 bits per heavy atom. The number of nitrogens with one attached hydrogen (secondary N) is 3. The number of quaternary nitrogens is 1. The molecular weight excluding hydrogens is 542 g/mol. The molecule has 0 fully saturated rings. The van der Waals surface area contributed by atoms with Gasteiger partial charge in [0.05, 0.1) is 17.6 Å². The minimum absolute atomic E-state index is 0. The summed E-state index contributed by atoms with van der Waals surface area (Å²) in [6.45, 7) is 10.8. The molecule has 0 saturated heterocycles. The maximum Gasteiger partial charge on any atom is 0.285 e. The maximum absolute atomic E-state index is 6.01. The van der Waals surface area contributed by atoms with Crippen LogP contribution in [0.4, 0.5) is 11.4 Å². The third-order valence-electron chi connectivity index (χ3n) is 5.37. The van der Waals surface area contributed by atoms with Crippen LogP contribution in [0.25, 0.3) is 0 Å². The van der Waals surface area contributed by atoms with E-state index in [1.54, 1.807) is 4.90 Å². The molecule has 0 bridgehead atoms. The van der Waals surface area contributed by atoms with Gasteiger partial charge in [-0.25, -0.2) is 10.3 Å². The molecule has 0 spiro atoms. The molecule has 0 amide bonds. The van der Waals surface area contributed by atoms with Gasteiger partial charge in [0.15, 0.2) is 0 Å². The topological polar surface area (TPSA) is 39.7 Å². The van der Waals surface area contributed by atoms with Gasteiger partial charge in [-0.3, -0.25) is 0 Å². The smallest absolute Gasteiger partial charge is 0.285 e. The van der Waals surface area contributed by atoms with Crippen molar-refractivity contribution >= 4 is 17.2 Å². The summed E-state index contributed by atoms with van der Waals surface area (Å²) in [7, 11) is 0. The first-order valence-electron chi connectivity index (χ1n) is 11.1. The highest BCUT2D eigenvalue weighted by atomic mass is 79.9. The van der Waals surface area contributed by atoms with Crippen molar-refractivity contribution in [2.75, 3.05) is 18.5 Å². The highest BCUT2D eigenvalue weighted by Gasteiger charge is 2.16. The predicted molar refractivity (Wildman–Crippen MR) is 129 cm³/mol. The molecular formula is C27H35Br2N3O. The third-order valence-corrected chi connectivity index (χ3v) is 5.37. The molecule has 3 aromatic carbocycles. The zero-order chi connectivity index (χ0) is 22.1. The summed E-state index contributed by atoms with van der Waals surface area (Å²) in [6.07, 6.45) is 0. The summed E-state index contributed by atoms with van der Waals surface area (Å²) in [5.74, 6) is 1.84. The van der Waals surface area contributed by atoms with Crippen molar-refractivity contribution in [1.29, 1.82) is 0 Å². The Labute approximate surface area is 219 Å². The standard InChI is InChI=1S/C27H33N3O.2BrH/c1-21(2)30(22(3)4)19-20-31-26-17-15-25(16-18-26)29-27(23-11-7-5-8-12-23)28-24-13-9-6-10-14-24;;/h5-18,21-22H,19-20H2,1-4H3,(H,28,29);2*1H. The second-order valence-electron chi connectivity index (χ2n) is 8.36. The van der Waals surface area contributed by atoms with E-state index in [0.717, 1.165) is 41.7 Å². The van der Waals surface area contributed by atoms with Crippen molar-refractivity contribution in [2.45, 2.75) is 39.8 Å². The van der Waals surface area contributed by atoms with E-state index in [-0.39, 0.29) is 34.0 Å². The van der Waals surface area contributed by atoms with E-state index in [1.165, 1.54) is 0 Å². The monoisotopic (exact) mass is 575 g/mol. The lowest BCUT2D eigenvalue weighted by Crippen LogP contribution is -3.18. The summed E-state index contributed by atoms with van der Waals surface area (Å²) in [5.41, 5.74) is 3.14. The number of rotatable bonds is 9. The lowest BCUT2D eigenvalue weighted by molar-refractivity contribution is -0.942. The number of amidine groups is 1. The lowest BCUT2D eigenvalue weighted by atomic mass is 10.2. The van der Waals surface area contributed by atoms with Gasteiger partial charge in [0.1, 0.15) is 30.3 Å². The number of hydrogen-bond donors (Lipinski definition) is 3. The van der Waals surface area contributed by atoms with Crippen LogP contribution in [0.15, 0.2) is 84.9 Å². The van der Waals surface area contributed by atoms with Gasteiger partial charge in [-0.2, -0.15) is 0 Å². The number of halogens is 2. The van der Waals surface area contributed by atoms with E-state index in [4.69, 9.17) is 4.74 Å². The van der Waals surface area contributed by atoms with Gasteiger partial charge >= 0.3 is 0 Å². The normalized spacial score (nSPS) is 11.2. The van der Waals surface area contributed by atoms with Crippen molar-refractivity contribution in [3.63, 3.8) is 0 Å². The Morgan fingerprint density at radius 2 is 1.33 bits per heavy atom. The van der Waals surface area contributed by atoms with Crippen LogP contribution in [0.1, 0.15) is 33.3 Å². The first-order chi connectivity index (χ1) is 15.0. The molecule has 3 aromatic rings. The fourth-order valence-corrected chi connectivity index (χ4v) is 3.76. The average Bonchev–Trinajstić information content (AvgIpc) is 2.78. The van der Waals surface area contributed by atoms with Crippen LogP contribution in [0.3, 0.4) is 0 Å². The highest BCUT2D eigenvalue weighted by molar-refractivity contribution is 6.04. The molecule has 6 heteroatoms. The summed E-state index contributed by atoms with van der Waals surface area (Å²) < 4.78 is 6.01. The van der Waals surface area contributed by atoms with Gasteiger partial charge in [0.25, 0.3) is 5.84 Å². The van der Waals surface area contributed by atoms with Gasteiger partial charge < -0.3 is 43.6 Å². The molecule has 0 aliphatic heterocycles. The SMILES string of the molecule is CC(C)[NH+](CCOc1ccc([NH+]=C(Nc2ccccc2)c2ccccc2)cc1)C(C)C.[Br-].[Br-]. The van der Waals surface area contributed by atoms with E-state index in [2.05, 4.69) is 74.4 Å². The second-order valence-corrected chi connectivity index (χ2v) is 8.36. The number of hydrogen-bond acceptors (Lipinski definition) is 1. The van der Waals surface area contributed by atoms with E-state index in [0.29, 0.717) is 12.1 Å². The van der Waals surface area contributed by atoms with E-state index in [9.17, 15) is 0 Å². The van der Waals surface area contributed by atoms with E-state index in [1.807, 2.05) is 48.5 Å². The van der Waals surface area contributed by atoms with Crippen LogP contribution in [0, 0.1) is 0 Å². The van der Waals surface area contributed by atoms with Crippen molar-refractivity contribution in [2.24, 2.45) is 0 Å². The van der Waals surface area contributed by atoms with Gasteiger partial charge in [0.2, 0.25) is 0 Å². The number of anilines is 1. The van der Waals surface area contributed by atoms with Crippen LogP contribution in [-0.4, -0.2) is 31.1 Å². The molecule has 178 valence electrons. The Hall–Kier alpha value is -2.15. The minimum atomic E-state index is 0. The average molecular weight is 577 g/mol. The zero-order valence-electron chi connectivity index (χ0n) is 19.8. The van der Waals surface area contributed by atoms with Gasteiger partial charge in [-0.15, -0.1) is 0 Å². The lowest BCUT2D eigenvalue weighted by Gasteiger charge is -2.27. The van der Waals surface area contributed by atoms with E-state index >= 15 is 0 Å². The third kappa shape index (κ3) is 9.32. The number of ether oxygens (including phenoxy) is 1. The summed E-state index contributed by atoms with van der Waals surface area (Å²) in [4.78, 5) is 5.08. The first kappa shape index (κ1) is 28.9. The molecule has 0 radical (unpaired) electrons. The quantitative estimate of drug-likeness (QED) is 0.188. The zero-order valence-corrected chi connectivity index (χ0v) is 23.0. The molecule has 3 rings (SSSR count).